The molecule has 0 saturated heterocycles. The van der Waals surface area contributed by atoms with Crippen molar-refractivity contribution >= 4 is 117 Å². The van der Waals surface area contributed by atoms with Crippen LogP contribution in [0.25, 0.3) is 0 Å². The van der Waals surface area contributed by atoms with Crippen LogP contribution in [0.3, 0.4) is 0 Å². The quantitative estimate of drug-likeness (QED) is 0.104. The molecule has 30 nitrogen and oxygen atoms in total. The summed E-state index contributed by atoms with van der Waals surface area (Å²) in [6.45, 7) is 0. The second kappa shape index (κ2) is 814. The van der Waals surface area contributed by atoms with Crippen molar-refractivity contribution in [1.82, 2.24) is 0 Å². The number of hydrogen-bond acceptors (Lipinski definition) is 2. The van der Waals surface area contributed by atoms with Crippen molar-refractivity contribution in [2.24, 2.45) is 22.9 Å². The Balaban J connectivity index is -0.000000000264. The van der Waals surface area contributed by atoms with E-state index in [0.29, 0.717) is 0 Å². The molecule has 41 heteroatoms. The van der Waals surface area contributed by atoms with Crippen LogP contribution in [0.1, 0.15) is 0 Å². The Labute approximate surface area is 398 Å². The SMILES string of the molecule is NC(N)=S.NC(N)=S.[O-2].[O-2].[O-2].[O-2].[O-2].[O-2].[O-2].[O-2].[O-2].[O-2].[O-2].[O-2].[O-2].[O-2].[O-2].[O-2].[O-2].[O-2].[O-2].[O-2].[O-2].[O-2].[O-2].[O-2].[OH3+].[OH3+].[Pb].[Pb].[Pb].[Re].[Re].[Re].[Re].[Re].[Re]. The third-order valence-electron chi connectivity index (χ3n) is 0. The average molecular weight is 2310 g/mol. The first-order valence-corrected chi connectivity index (χ1v) is 2.38. The van der Waals surface area contributed by atoms with Crippen molar-refractivity contribution in [2.75, 3.05) is 0 Å². The molecule has 0 aliphatic carbocycles. The van der Waals surface area contributed by atoms with Crippen molar-refractivity contribution in [3.63, 3.8) is 0 Å². The zero-order chi connectivity index (χ0) is 7.15. The van der Waals surface area contributed by atoms with Gasteiger partial charge in [-0.3, -0.25) is 0 Å². The second-order valence-corrected chi connectivity index (χ2v) is 1.75. The molecule has 0 heterocycles. The fraction of sp³-hybridized carbons (Fsp3) is 0. The van der Waals surface area contributed by atoms with Crippen molar-refractivity contribution in [1.29, 1.82) is 0 Å². The third kappa shape index (κ3) is 3710. The van der Waals surface area contributed by atoms with Gasteiger partial charge in [0.15, 0.2) is 10.2 Å². The molecule has 0 bridgehead atoms. The minimum atomic E-state index is 0. The van der Waals surface area contributed by atoms with Crippen LogP contribution in [0.4, 0.5) is 0 Å². The van der Waals surface area contributed by atoms with Crippen LogP contribution in [-0.4, -0.2) is 92.1 Å². The normalized spacial score (nSPS) is 1.12. The number of rotatable bonds is 0. The molecule has 0 saturated carbocycles. The number of nitrogens with two attached hydrogens (primary N) is 4. The smallest absolute Gasteiger partial charge is 0.160 e. The predicted octanol–water partition coefficient (Wildman–Crippen LogP) is -7.48. The molecule has 0 atom stereocenters. The maximum absolute atomic E-state index is 4.62. The molecule has 0 amide bonds. The molecule has 0 aliphatic heterocycles. The molecular formula is C2H14N4O26Pb3Re6S2-46. The summed E-state index contributed by atoms with van der Waals surface area (Å²) in [7, 11) is 0. The molecule has 0 unspecified atom stereocenters. The van der Waals surface area contributed by atoms with Gasteiger partial charge in [0.05, 0.1) is 0 Å². The summed E-state index contributed by atoms with van der Waals surface area (Å²) < 4.78 is 0. The maximum Gasteiger partial charge on any atom is 0.160 e. The zero-order valence-electron chi connectivity index (χ0n) is 18.8. The molecule has 14 N–H and O–H groups in total. The number of thiocarbonyl (C=S) groups is 2. The van der Waals surface area contributed by atoms with Crippen LogP contribution in [-0.2, 0) is 265 Å². The zero-order valence-corrected chi connectivity index (χ0v) is 48.4. The van der Waals surface area contributed by atoms with Crippen LogP contribution in [0.5, 0.6) is 0 Å². The van der Waals surface area contributed by atoms with E-state index in [4.69, 9.17) is 0 Å². The van der Waals surface area contributed by atoms with Gasteiger partial charge in [-0.2, -0.15) is 0 Å². The summed E-state index contributed by atoms with van der Waals surface area (Å²) in [5.41, 5.74) is 18.5. The standard InChI is InChI=1S/2CH4N2S.2H2O.24O.3Pb.6Re/c2*2-1(3)4;;;;;;;;;;;;;;;;;;;;;;;;;;;;;;;;;;;/h2*(H4,2,3,4);2*1H2;;;;;;;;;;;;;;;;;;;;;;;;;;;;;;;;;/q;;;;24*-2;;;;;;;;;/p+2. The Morgan fingerprint density at radius 3 is 0.233 bits per heavy atom. The third-order valence-corrected chi connectivity index (χ3v) is 0. The van der Waals surface area contributed by atoms with Crippen molar-refractivity contribution in [3.8, 4) is 0 Å². The van der Waals surface area contributed by atoms with E-state index in [1.807, 2.05) is 0 Å². The molecule has 0 rings (SSSR count). The van der Waals surface area contributed by atoms with Gasteiger partial charge in [0.25, 0.3) is 0 Å². The van der Waals surface area contributed by atoms with Gasteiger partial charge in [-0.25, -0.2) is 0 Å². The minimum absolute atomic E-state index is 0. The van der Waals surface area contributed by atoms with E-state index in [1.165, 1.54) is 0 Å². The van der Waals surface area contributed by atoms with Gasteiger partial charge in [0.1, 0.15) is 0 Å². The summed E-state index contributed by atoms with van der Waals surface area (Å²) in [5, 5.41) is 0.000000000000000444. The van der Waals surface area contributed by atoms with Crippen LogP contribution in [0, 0.1) is 0 Å². The Bertz CT molecular complexity index is 137. The molecular weight excluding hydrogens is 2300 g/mol. The first-order chi connectivity index (χ1) is 3.46. The minimum Gasteiger partial charge on any atom is -2.00 e. The molecule has 0 aliphatic rings. The van der Waals surface area contributed by atoms with Gasteiger partial charge in [0, 0.05) is 204 Å². The van der Waals surface area contributed by atoms with Gasteiger partial charge >= 0.3 is 0 Å². The van der Waals surface area contributed by atoms with Gasteiger partial charge in [-0.1, -0.05) is 0 Å². The summed E-state index contributed by atoms with van der Waals surface area (Å²) >= 11 is 8.19. The fourth-order valence-electron chi connectivity index (χ4n) is 0. The van der Waals surface area contributed by atoms with E-state index in [9.17, 15) is 0 Å². The van der Waals surface area contributed by atoms with E-state index < -0.39 is 0 Å². The Morgan fingerprint density at radius 1 is 0.233 bits per heavy atom. The van der Waals surface area contributed by atoms with Gasteiger partial charge in [0.2, 0.25) is 0 Å². The van der Waals surface area contributed by atoms with E-state index in [2.05, 4.69) is 47.4 Å². The Morgan fingerprint density at radius 2 is 0.233 bits per heavy atom. The predicted molar refractivity (Wildman–Crippen MR) is 85.4 cm³/mol. The van der Waals surface area contributed by atoms with Gasteiger partial charge in [-0.15, -0.1) is 0 Å². The molecule has 43 heavy (non-hydrogen) atoms. The summed E-state index contributed by atoms with van der Waals surface area (Å²) in [5.74, 6) is 0. The fourth-order valence-corrected chi connectivity index (χ4v) is 0. The average Bonchev–Trinajstić information content (AvgIpc) is 1.25. The monoisotopic (exact) mass is 2320 g/mol. The largest absolute Gasteiger partial charge is 2.00 e. The van der Waals surface area contributed by atoms with Crippen LogP contribution in [0.2, 0.25) is 0 Å². The second-order valence-electron chi connectivity index (χ2n) is 0.805. The molecule has 18 radical (unpaired) electrons. The summed E-state index contributed by atoms with van der Waals surface area (Å²) in [4.78, 5) is 0. The number of hydrogen-bond donors (Lipinski definition) is 4. The molecule has 0 spiro atoms. The van der Waals surface area contributed by atoms with E-state index in [-0.39, 0.29) is 357 Å². The Hall–Kier alpha value is 5.08. The van der Waals surface area contributed by atoms with E-state index in [1.54, 1.807) is 0 Å². The maximum atomic E-state index is 4.62. The molecule has 0 fully saturated rings. The van der Waals surface area contributed by atoms with Gasteiger partial charge in [-0.05, 0) is 24.4 Å². The van der Waals surface area contributed by atoms with E-state index >= 15 is 0 Å². The van der Waals surface area contributed by atoms with Crippen LogP contribution in [0.15, 0.2) is 0 Å². The van der Waals surface area contributed by atoms with Crippen molar-refractivity contribution in [2.45, 2.75) is 0 Å². The summed E-state index contributed by atoms with van der Waals surface area (Å²) in [6, 6.07) is 0. The van der Waals surface area contributed by atoms with E-state index in [0.717, 1.165) is 0 Å². The van der Waals surface area contributed by atoms with Gasteiger partial charge < -0.3 is 165 Å². The molecule has 0 aromatic heterocycles. The van der Waals surface area contributed by atoms with Crippen molar-refractivity contribution in [3.05, 3.63) is 0 Å². The summed E-state index contributed by atoms with van der Waals surface area (Å²) in [6.07, 6.45) is 0. The van der Waals surface area contributed by atoms with Crippen LogP contribution < -0.4 is 22.9 Å². The van der Waals surface area contributed by atoms with Crippen LogP contribution >= 0.6 is 24.4 Å². The first kappa shape index (κ1) is 868. The first-order valence-electron chi connectivity index (χ1n) is 1.56. The molecule has 310 valence electrons. The molecule has 0 aromatic rings. The van der Waals surface area contributed by atoms with Crippen molar-refractivity contribution < 1.29 is 265 Å². The Kier molecular flexibility index (Phi) is 16400. The molecule has 0 aromatic carbocycles. The topological polar surface area (TPSA) is 854 Å².